The van der Waals surface area contributed by atoms with Gasteiger partial charge in [0, 0.05) is 11.0 Å². The van der Waals surface area contributed by atoms with E-state index in [1.807, 2.05) is 64.1 Å². The van der Waals surface area contributed by atoms with Gasteiger partial charge in [0.1, 0.15) is 11.3 Å². The predicted molar refractivity (Wildman–Crippen MR) is 108 cm³/mol. The molecular formula is C23H27NO3. The largest absolute Gasteiger partial charge is 0.443 e. The van der Waals surface area contributed by atoms with Crippen LogP contribution in [0.25, 0.3) is 10.9 Å². The van der Waals surface area contributed by atoms with Crippen molar-refractivity contribution in [1.29, 1.82) is 0 Å². The van der Waals surface area contributed by atoms with Gasteiger partial charge in [-0.1, -0.05) is 49.8 Å². The Balaban J connectivity index is 2.14. The minimum Gasteiger partial charge on any atom is -0.443 e. The second-order valence-corrected chi connectivity index (χ2v) is 8.99. The van der Waals surface area contributed by atoms with Crippen molar-refractivity contribution < 1.29 is 14.3 Å². The molecule has 1 aliphatic carbocycles. The van der Waals surface area contributed by atoms with Crippen LogP contribution in [0.4, 0.5) is 4.79 Å². The third kappa shape index (κ3) is 4.05. The van der Waals surface area contributed by atoms with Gasteiger partial charge in [0.2, 0.25) is 5.78 Å². The van der Waals surface area contributed by atoms with E-state index in [2.05, 4.69) is 13.8 Å². The van der Waals surface area contributed by atoms with E-state index in [4.69, 9.17) is 4.74 Å². The van der Waals surface area contributed by atoms with E-state index in [1.54, 1.807) is 6.07 Å². The average molecular weight is 365 g/mol. The van der Waals surface area contributed by atoms with Crippen LogP contribution in [-0.4, -0.2) is 22.0 Å². The molecule has 27 heavy (non-hydrogen) atoms. The molecule has 0 unspecified atom stereocenters. The Morgan fingerprint density at radius 1 is 1.15 bits per heavy atom. The third-order valence-corrected chi connectivity index (χ3v) is 4.46. The Labute approximate surface area is 160 Å². The molecule has 0 fully saturated rings. The van der Waals surface area contributed by atoms with Crippen LogP contribution >= 0.6 is 0 Å². The zero-order chi connectivity index (χ0) is 20.0. The quantitative estimate of drug-likeness (QED) is 0.622. The number of carbonyl (C=O) groups excluding carboxylic acids is 2. The summed E-state index contributed by atoms with van der Waals surface area (Å²) in [7, 11) is 0. The Kier molecular flexibility index (Phi) is 4.62. The van der Waals surface area contributed by atoms with Crippen molar-refractivity contribution in [3.63, 3.8) is 0 Å². The molecule has 0 saturated carbocycles. The standard InChI is InChI=1S/C23H27NO3/c1-15-11-17(14-23(5,6)13-15)20(25)19-12-16-9-7-8-10-18(16)24(19)21(26)27-22(2,3)4/h7-12,14H,13H2,1-6H3. The molecule has 1 aliphatic rings. The van der Waals surface area contributed by atoms with Crippen molar-refractivity contribution >= 4 is 22.8 Å². The fraction of sp³-hybridized carbons (Fsp3) is 0.391. The number of fused-ring (bicyclic) bond motifs is 1. The molecule has 4 nitrogen and oxygen atoms in total. The van der Waals surface area contributed by atoms with E-state index >= 15 is 0 Å². The number of para-hydroxylation sites is 1. The third-order valence-electron chi connectivity index (χ3n) is 4.46. The van der Waals surface area contributed by atoms with Crippen molar-refractivity contribution in [2.24, 2.45) is 5.41 Å². The highest BCUT2D eigenvalue weighted by Gasteiger charge is 2.29. The smallest absolute Gasteiger partial charge is 0.419 e. The van der Waals surface area contributed by atoms with Gasteiger partial charge >= 0.3 is 6.09 Å². The zero-order valence-electron chi connectivity index (χ0n) is 16.9. The first-order valence-electron chi connectivity index (χ1n) is 9.25. The fourth-order valence-corrected chi connectivity index (χ4v) is 3.65. The molecule has 0 radical (unpaired) electrons. The predicted octanol–water partition coefficient (Wildman–Crippen LogP) is 5.91. The molecule has 0 aliphatic heterocycles. The second-order valence-electron chi connectivity index (χ2n) is 8.99. The summed E-state index contributed by atoms with van der Waals surface area (Å²) in [5.74, 6) is -0.163. The van der Waals surface area contributed by atoms with Gasteiger partial charge in [0.15, 0.2) is 0 Å². The minimum absolute atomic E-state index is 0.0907. The number of rotatable bonds is 2. The highest BCUT2D eigenvalue weighted by Crippen LogP contribution is 2.34. The van der Waals surface area contributed by atoms with Crippen LogP contribution in [0.15, 0.2) is 53.6 Å². The summed E-state index contributed by atoms with van der Waals surface area (Å²) >= 11 is 0. The van der Waals surface area contributed by atoms with Crippen molar-refractivity contribution in [1.82, 2.24) is 4.57 Å². The monoisotopic (exact) mass is 365 g/mol. The van der Waals surface area contributed by atoms with Gasteiger partial charge in [-0.3, -0.25) is 4.79 Å². The second kappa shape index (κ2) is 6.52. The number of carbonyl (C=O) groups is 2. The highest BCUT2D eigenvalue weighted by molar-refractivity contribution is 6.14. The number of Topliss-reactive ketones (excluding diaryl/α,β-unsaturated/α-hetero) is 1. The number of allylic oxidation sites excluding steroid dienone is 4. The molecule has 142 valence electrons. The first-order chi connectivity index (χ1) is 12.5. The number of aromatic nitrogens is 1. The highest BCUT2D eigenvalue weighted by atomic mass is 16.6. The summed E-state index contributed by atoms with van der Waals surface area (Å²) in [5, 5.41) is 0.836. The number of hydrogen-bond acceptors (Lipinski definition) is 3. The van der Waals surface area contributed by atoms with E-state index < -0.39 is 11.7 Å². The molecule has 3 rings (SSSR count). The Bertz CT molecular complexity index is 981. The minimum atomic E-state index is -0.647. The van der Waals surface area contributed by atoms with Crippen molar-refractivity contribution in [2.75, 3.05) is 0 Å². The topological polar surface area (TPSA) is 48.3 Å². The first-order valence-corrected chi connectivity index (χ1v) is 9.25. The summed E-state index contributed by atoms with van der Waals surface area (Å²) in [6.45, 7) is 11.7. The zero-order valence-corrected chi connectivity index (χ0v) is 16.9. The van der Waals surface area contributed by atoms with Gasteiger partial charge in [0.25, 0.3) is 0 Å². The van der Waals surface area contributed by atoms with Gasteiger partial charge in [-0.2, -0.15) is 0 Å². The SMILES string of the molecule is CC1=CC(C(=O)c2cc3ccccc3n2C(=O)OC(C)(C)C)=CC(C)(C)C1. The lowest BCUT2D eigenvalue weighted by Gasteiger charge is -2.26. The van der Waals surface area contributed by atoms with Gasteiger partial charge in [-0.25, -0.2) is 9.36 Å². The van der Waals surface area contributed by atoms with Crippen LogP contribution in [0.2, 0.25) is 0 Å². The number of benzene rings is 1. The number of nitrogens with zero attached hydrogens (tertiary/aromatic N) is 1. The first kappa shape index (κ1) is 19.2. The maximum Gasteiger partial charge on any atom is 0.419 e. The number of hydrogen-bond donors (Lipinski definition) is 0. The molecule has 0 amide bonds. The molecule has 0 N–H and O–H groups in total. The van der Waals surface area contributed by atoms with E-state index in [1.165, 1.54) is 4.57 Å². The molecule has 0 spiro atoms. The van der Waals surface area contributed by atoms with Gasteiger partial charge < -0.3 is 4.74 Å². The molecule has 1 aromatic heterocycles. The lowest BCUT2D eigenvalue weighted by atomic mass is 9.79. The van der Waals surface area contributed by atoms with Crippen LogP contribution in [0.3, 0.4) is 0 Å². The van der Waals surface area contributed by atoms with Crippen LogP contribution in [0.1, 0.15) is 58.5 Å². The molecule has 0 bridgehead atoms. The van der Waals surface area contributed by atoms with E-state index in [9.17, 15) is 9.59 Å². The van der Waals surface area contributed by atoms with E-state index in [0.29, 0.717) is 16.8 Å². The van der Waals surface area contributed by atoms with Crippen molar-refractivity contribution in [3.05, 3.63) is 59.3 Å². The van der Waals surface area contributed by atoms with Crippen LogP contribution in [-0.2, 0) is 4.74 Å². The average Bonchev–Trinajstić information content (AvgIpc) is 2.90. The number of ketones is 1. The van der Waals surface area contributed by atoms with Crippen molar-refractivity contribution in [3.8, 4) is 0 Å². The van der Waals surface area contributed by atoms with E-state index in [0.717, 1.165) is 17.4 Å². The lowest BCUT2D eigenvalue weighted by Crippen LogP contribution is -2.29. The maximum absolute atomic E-state index is 13.4. The summed E-state index contributed by atoms with van der Waals surface area (Å²) in [5.41, 5.74) is 2.05. The summed E-state index contributed by atoms with van der Waals surface area (Å²) in [4.78, 5) is 26.2. The Morgan fingerprint density at radius 2 is 1.81 bits per heavy atom. The summed E-state index contributed by atoms with van der Waals surface area (Å²) in [6, 6.07) is 9.24. The normalized spacial score (nSPS) is 16.7. The molecule has 2 aromatic rings. The van der Waals surface area contributed by atoms with Gasteiger partial charge in [0.05, 0.1) is 5.52 Å². The molecule has 1 heterocycles. The Morgan fingerprint density at radius 3 is 2.44 bits per heavy atom. The Hall–Kier alpha value is -2.62. The molecule has 4 heteroatoms. The fourth-order valence-electron chi connectivity index (χ4n) is 3.65. The van der Waals surface area contributed by atoms with E-state index in [-0.39, 0.29) is 11.2 Å². The van der Waals surface area contributed by atoms with Gasteiger partial charge in [-0.15, -0.1) is 0 Å². The molecule has 1 aromatic carbocycles. The van der Waals surface area contributed by atoms with Crippen LogP contribution < -0.4 is 0 Å². The lowest BCUT2D eigenvalue weighted by molar-refractivity contribution is 0.0536. The van der Waals surface area contributed by atoms with Crippen LogP contribution in [0, 0.1) is 5.41 Å². The molecule has 0 saturated heterocycles. The van der Waals surface area contributed by atoms with Crippen molar-refractivity contribution in [2.45, 2.75) is 53.6 Å². The molecular weight excluding hydrogens is 338 g/mol. The summed E-state index contributed by atoms with van der Waals surface area (Å²) < 4.78 is 6.96. The summed E-state index contributed by atoms with van der Waals surface area (Å²) in [6.07, 6.45) is 4.30. The maximum atomic E-state index is 13.4. The van der Waals surface area contributed by atoms with Gasteiger partial charge in [-0.05, 0) is 51.7 Å². The number of ether oxygens (including phenoxy) is 1. The van der Waals surface area contributed by atoms with Crippen LogP contribution in [0.5, 0.6) is 0 Å². The molecule has 0 atom stereocenters.